The highest BCUT2D eigenvalue weighted by atomic mass is 16.4. The molecule has 0 bridgehead atoms. The van der Waals surface area contributed by atoms with Gasteiger partial charge in [0, 0.05) is 16.6 Å². The third-order valence-corrected chi connectivity index (χ3v) is 2.51. The topological polar surface area (TPSA) is 53.1 Å². The highest BCUT2D eigenvalue weighted by Crippen LogP contribution is 2.21. The third kappa shape index (κ3) is 1.73. The smallest absolute Gasteiger partial charge is 0.335 e. The van der Waals surface area contributed by atoms with E-state index in [0.29, 0.717) is 11.5 Å². The zero-order valence-electron chi connectivity index (χ0n) is 8.74. The number of aromatic amines is 1. The van der Waals surface area contributed by atoms with Gasteiger partial charge in [0.05, 0.1) is 5.56 Å². The predicted octanol–water partition coefficient (Wildman–Crippen LogP) is 2.99. The summed E-state index contributed by atoms with van der Waals surface area (Å²) in [6.07, 6.45) is 0. The molecule has 2 aromatic rings. The predicted molar refractivity (Wildman–Crippen MR) is 59.3 cm³/mol. The zero-order valence-corrected chi connectivity index (χ0v) is 8.74. The van der Waals surface area contributed by atoms with Crippen LogP contribution in [-0.4, -0.2) is 16.1 Å². The lowest BCUT2D eigenvalue weighted by Gasteiger charge is -1.97. The van der Waals surface area contributed by atoms with Crippen LogP contribution in [0, 0.1) is 0 Å². The Morgan fingerprint density at radius 2 is 2.07 bits per heavy atom. The molecule has 1 heterocycles. The summed E-state index contributed by atoms with van der Waals surface area (Å²) >= 11 is 0. The lowest BCUT2D eigenvalue weighted by Crippen LogP contribution is -1.94. The molecule has 0 radical (unpaired) electrons. The number of nitrogens with one attached hydrogen (secondary N) is 1. The first kappa shape index (κ1) is 9.77. The molecule has 1 aromatic carbocycles. The van der Waals surface area contributed by atoms with Crippen molar-refractivity contribution in [2.24, 2.45) is 0 Å². The van der Waals surface area contributed by atoms with Gasteiger partial charge < -0.3 is 10.1 Å². The van der Waals surface area contributed by atoms with Gasteiger partial charge in [-0.15, -0.1) is 0 Å². The molecule has 78 valence electrons. The molecule has 0 aliphatic heterocycles. The van der Waals surface area contributed by atoms with Crippen LogP contribution in [0.15, 0.2) is 24.3 Å². The molecule has 15 heavy (non-hydrogen) atoms. The molecule has 0 spiro atoms. The van der Waals surface area contributed by atoms with E-state index in [1.54, 1.807) is 12.1 Å². The van der Waals surface area contributed by atoms with E-state index < -0.39 is 5.97 Å². The fourth-order valence-electron chi connectivity index (χ4n) is 1.60. The number of aromatic carboxylic acids is 1. The number of rotatable bonds is 2. The summed E-state index contributed by atoms with van der Waals surface area (Å²) in [5, 5.41) is 9.81. The summed E-state index contributed by atoms with van der Waals surface area (Å²) < 4.78 is 0. The van der Waals surface area contributed by atoms with Gasteiger partial charge in [0.15, 0.2) is 0 Å². The summed E-state index contributed by atoms with van der Waals surface area (Å²) in [5.74, 6) is -0.463. The molecule has 2 N–H and O–H groups in total. The molecule has 0 saturated carbocycles. The van der Waals surface area contributed by atoms with E-state index in [-0.39, 0.29) is 0 Å². The number of fused-ring (bicyclic) bond motifs is 1. The van der Waals surface area contributed by atoms with Gasteiger partial charge in [-0.2, -0.15) is 0 Å². The van der Waals surface area contributed by atoms with Crippen LogP contribution in [-0.2, 0) is 0 Å². The minimum atomic E-state index is -0.885. The summed E-state index contributed by atoms with van der Waals surface area (Å²) in [6, 6.07) is 7.13. The van der Waals surface area contributed by atoms with Crippen LogP contribution in [0.5, 0.6) is 0 Å². The van der Waals surface area contributed by atoms with Gasteiger partial charge >= 0.3 is 5.97 Å². The molecule has 0 unspecified atom stereocenters. The SMILES string of the molecule is CC(C)c1cc2cc(C(=O)O)ccc2[nH]1. The molecule has 1 aromatic heterocycles. The fourth-order valence-corrected chi connectivity index (χ4v) is 1.60. The Bertz CT molecular complexity index is 511. The van der Waals surface area contributed by atoms with Crippen molar-refractivity contribution in [3.63, 3.8) is 0 Å². The number of benzene rings is 1. The quantitative estimate of drug-likeness (QED) is 0.788. The molecule has 2 rings (SSSR count). The van der Waals surface area contributed by atoms with Gasteiger partial charge in [-0.25, -0.2) is 4.79 Å². The van der Waals surface area contributed by atoms with Crippen molar-refractivity contribution in [1.29, 1.82) is 0 Å². The van der Waals surface area contributed by atoms with Crippen LogP contribution in [0.3, 0.4) is 0 Å². The van der Waals surface area contributed by atoms with E-state index in [1.165, 1.54) is 0 Å². The van der Waals surface area contributed by atoms with Crippen molar-refractivity contribution in [3.8, 4) is 0 Å². The largest absolute Gasteiger partial charge is 0.478 e. The standard InChI is InChI=1S/C12H13NO2/c1-7(2)11-6-9-5-8(12(14)15)3-4-10(9)13-11/h3-7,13H,1-2H3,(H,14,15). The maximum atomic E-state index is 10.8. The molecule has 3 heteroatoms. The van der Waals surface area contributed by atoms with Crippen molar-refractivity contribution in [2.75, 3.05) is 0 Å². The lowest BCUT2D eigenvalue weighted by molar-refractivity contribution is 0.0697. The monoisotopic (exact) mass is 203 g/mol. The summed E-state index contributed by atoms with van der Waals surface area (Å²) in [7, 11) is 0. The number of H-pyrrole nitrogens is 1. The molecule has 0 atom stereocenters. The van der Waals surface area contributed by atoms with Crippen molar-refractivity contribution in [3.05, 3.63) is 35.5 Å². The van der Waals surface area contributed by atoms with Crippen LogP contribution in [0.1, 0.15) is 35.8 Å². The number of hydrogen-bond donors (Lipinski definition) is 2. The maximum absolute atomic E-state index is 10.8. The van der Waals surface area contributed by atoms with E-state index in [2.05, 4.69) is 18.8 Å². The minimum absolute atomic E-state index is 0.330. The number of aromatic nitrogens is 1. The van der Waals surface area contributed by atoms with Gasteiger partial charge in [0.2, 0.25) is 0 Å². The normalized spacial score (nSPS) is 11.1. The Kier molecular flexibility index (Phi) is 2.23. The van der Waals surface area contributed by atoms with Gasteiger partial charge in [-0.3, -0.25) is 0 Å². The second-order valence-electron chi connectivity index (χ2n) is 3.99. The van der Waals surface area contributed by atoms with Crippen LogP contribution >= 0.6 is 0 Å². The average Bonchev–Trinajstić information content (AvgIpc) is 2.59. The van der Waals surface area contributed by atoms with Crippen molar-refractivity contribution in [2.45, 2.75) is 19.8 Å². The molecule has 0 aliphatic rings. The first-order chi connectivity index (χ1) is 7.08. The van der Waals surface area contributed by atoms with E-state index in [9.17, 15) is 4.79 Å². The van der Waals surface area contributed by atoms with Crippen LogP contribution < -0.4 is 0 Å². The summed E-state index contributed by atoms with van der Waals surface area (Å²) in [4.78, 5) is 14.0. The van der Waals surface area contributed by atoms with Gasteiger partial charge in [0.25, 0.3) is 0 Å². The van der Waals surface area contributed by atoms with Crippen LogP contribution in [0.2, 0.25) is 0 Å². The fraction of sp³-hybridized carbons (Fsp3) is 0.250. The van der Waals surface area contributed by atoms with E-state index in [1.807, 2.05) is 12.1 Å². The Balaban J connectivity index is 2.57. The Morgan fingerprint density at radius 1 is 1.33 bits per heavy atom. The molecule has 3 nitrogen and oxygen atoms in total. The second kappa shape index (κ2) is 3.42. The summed E-state index contributed by atoms with van der Waals surface area (Å²) in [6.45, 7) is 4.20. The Hall–Kier alpha value is -1.77. The number of carboxylic acid groups (broad SMARTS) is 1. The van der Waals surface area contributed by atoms with Crippen LogP contribution in [0.4, 0.5) is 0 Å². The van der Waals surface area contributed by atoms with Gasteiger partial charge in [-0.05, 0) is 30.2 Å². The van der Waals surface area contributed by atoms with Crippen LogP contribution in [0.25, 0.3) is 10.9 Å². The van der Waals surface area contributed by atoms with Crippen molar-refractivity contribution in [1.82, 2.24) is 4.98 Å². The first-order valence-electron chi connectivity index (χ1n) is 4.94. The highest BCUT2D eigenvalue weighted by Gasteiger charge is 2.07. The Labute approximate surface area is 87.7 Å². The van der Waals surface area contributed by atoms with Crippen molar-refractivity contribution < 1.29 is 9.90 Å². The number of carboxylic acids is 1. The summed E-state index contributed by atoms with van der Waals surface area (Å²) in [5.41, 5.74) is 2.45. The van der Waals surface area contributed by atoms with Gasteiger partial charge in [0.1, 0.15) is 0 Å². The molecule has 0 aliphatic carbocycles. The number of carbonyl (C=O) groups is 1. The molecule has 0 saturated heterocycles. The van der Waals surface area contributed by atoms with E-state index in [0.717, 1.165) is 16.6 Å². The third-order valence-electron chi connectivity index (χ3n) is 2.51. The first-order valence-corrected chi connectivity index (χ1v) is 4.94. The second-order valence-corrected chi connectivity index (χ2v) is 3.99. The van der Waals surface area contributed by atoms with E-state index in [4.69, 9.17) is 5.11 Å². The van der Waals surface area contributed by atoms with Gasteiger partial charge in [-0.1, -0.05) is 13.8 Å². The maximum Gasteiger partial charge on any atom is 0.335 e. The lowest BCUT2D eigenvalue weighted by atomic mass is 10.1. The Morgan fingerprint density at radius 3 is 2.67 bits per heavy atom. The van der Waals surface area contributed by atoms with Crippen molar-refractivity contribution >= 4 is 16.9 Å². The zero-order chi connectivity index (χ0) is 11.0. The number of hydrogen-bond acceptors (Lipinski definition) is 1. The highest BCUT2D eigenvalue weighted by molar-refractivity contribution is 5.93. The molecular weight excluding hydrogens is 190 g/mol. The molecule has 0 fully saturated rings. The molecule has 0 amide bonds. The molecular formula is C12H13NO2. The average molecular weight is 203 g/mol. The van der Waals surface area contributed by atoms with E-state index >= 15 is 0 Å². The minimum Gasteiger partial charge on any atom is -0.478 e.